The average Bonchev–Trinajstić information content (AvgIpc) is 2.67. The highest BCUT2D eigenvalue weighted by atomic mass is 19.2. The number of benzene rings is 2. The molecule has 0 N–H and O–H groups in total. The van der Waals surface area contributed by atoms with E-state index in [1.165, 1.54) is 11.1 Å². The maximum absolute atomic E-state index is 14.5. The molecule has 2 aromatic carbocycles. The van der Waals surface area contributed by atoms with Gasteiger partial charge in [0.15, 0.2) is 11.6 Å². The van der Waals surface area contributed by atoms with Gasteiger partial charge in [0, 0.05) is 0 Å². The van der Waals surface area contributed by atoms with Crippen LogP contribution in [0, 0.1) is 11.6 Å². The van der Waals surface area contributed by atoms with Crippen LogP contribution in [-0.4, -0.2) is 6.61 Å². The lowest BCUT2D eigenvalue weighted by Gasteiger charge is -2.29. The summed E-state index contributed by atoms with van der Waals surface area (Å²) in [5, 5.41) is 0. The van der Waals surface area contributed by atoms with Gasteiger partial charge >= 0.3 is 0 Å². The Balaban J connectivity index is 1.66. The van der Waals surface area contributed by atoms with Gasteiger partial charge in [-0.15, -0.1) is 0 Å². The van der Waals surface area contributed by atoms with Crippen LogP contribution in [0.3, 0.4) is 0 Å². The zero-order chi connectivity index (χ0) is 18.5. The van der Waals surface area contributed by atoms with Gasteiger partial charge in [0.25, 0.3) is 0 Å². The number of rotatable bonds is 6. The van der Waals surface area contributed by atoms with E-state index in [1.54, 1.807) is 19.1 Å². The van der Waals surface area contributed by atoms with E-state index < -0.39 is 11.6 Å². The van der Waals surface area contributed by atoms with E-state index in [1.807, 2.05) is 0 Å². The highest BCUT2D eigenvalue weighted by Crippen LogP contribution is 2.42. The van der Waals surface area contributed by atoms with Crippen molar-refractivity contribution in [1.82, 2.24) is 0 Å². The lowest BCUT2D eigenvalue weighted by Crippen LogP contribution is -2.14. The Morgan fingerprint density at radius 3 is 2.12 bits per heavy atom. The number of ether oxygens (including phenoxy) is 1. The van der Waals surface area contributed by atoms with Crippen molar-refractivity contribution in [3.05, 3.63) is 64.7 Å². The molecule has 0 aliphatic heterocycles. The van der Waals surface area contributed by atoms with Crippen LogP contribution in [-0.2, 0) is 6.42 Å². The van der Waals surface area contributed by atoms with E-state index >= 15 is 0 Å². The fourth-order valence-electron chi connectivity index (χ4n) is 4.11. The van der Waals surface area contributed by atoms with Crippen LogP contribution in [0.25, 0.3) is 0 Å². The van der Waals surface area contributed by atoms with E-state index in [9.17, 15) is 8.78 Å². The van der Waals surface area contributed by atoms with Crippen molar-refractivity contribution in [1.29, 1.82) is 0 Å². The van der Waals surface area contributed by atoms with Crippen molar-refractivity contribution in [2.24, 2.45) is 0 Å². The second-order valence-corrected chi connectivity index (χ2v) is 7.25. The second kappa shape index (κ2) is 8.66. The molecule has 0 aromatic heterocycles. The minimum atomic E-state index is -0.849. The fraction of sp³-hybridized carbons (Fsp3) is 0.478. The molecule has 26 heavy (non-hydrogen) atoms. The van der Waals surface area contributed by atoms with Crippen LogP contribution in [0.1, 0.15) is 74.5 Å². The lowest BCUT2D eigenvalue weighted by molar-refractivity contribution is 0.310. The largest absolute Gasteiger partial charge is 0.491 e. The van der Waals surface area contributed by atoms with Gasteiger partial charge in [0.1, 0.15) is 0 Å². The number of aryl methyl sites for hydroxylation is 1. The van der Waals surface area contributed by atoms with E-state index in [4.69, 9.17) is 4.74 Å². The van der Waals surface area contributed by atoms with Crippen molar-refractivity contribution in [3.63, 3.8) is 0 Å². The monoisotopic (exact) mass is 358 g/mol. The Morgan fingerprint density at radius 1 is 0.846 bits per heavy atom. The second-order valence-electron chi connectivity index (χ2n) is 7.25. The zero-order valence-corrected chi connectivity index (χ0v) is 15.7. The molecule has 0 bridgehead atoms. The van der Waals surface area contributed by atoms with Gasteiger partial charge in [-0.05, 0) is 73.6 Å². The topological polar surface area (TPSA) is 9.23 Å². The molecule has 3 rings (SSSR count). The Bertz CT molecular complexity index is 716. The minimum Gasteiger partial charge on any atom is -0.491 e. The van der Waals surface area contributed by atoms with E-state index in [0.29, 0.717) is 18.1 Å². The summed E-state index contributed by atoms with van der Waals surface area (Å²) < 4.78 is 33.7. The third-order valence-corrected chi connectivity index (χ3v) is 5.53. The summed E-state index contributed by atoms with van der Waals surface area (Å²) in [5.41, 5.74) is 3.27. The van der Waals surface area contributed by atoms with E-state index in [2.05, 4.69) is 31.2 Å². The summed E-state index contributed by atoms with van der Waals surface area (Å²) in [5.74, 6) is -0.954. The smallest absolute Gasteiger partial charge is 0.200 e. The van der Waals surface area contributed by atoms with E-state index in [-0.39, 0.29) is 11.7 Å². The molecule has 0 radical (unpaired) electrons. The Hall–Kier alpha value is -1.90. The first-order chi connectivity index (χ1) is 12.6. The summed E-state index contributed by atoms with van der Waals surface area (Å²) in [4.78, 5) is 0. The normalized spacial score (nSPS) is 20.2. The molecular weight excluding hydrogens is 330 g/mol. The van der Waals surface area contributed by atoms with Gasteiger partial charge in [0.05, 0.1) is 6.61 Å². The zero-order valence-electron chi connectivity index (χ0n) is 15.7. The predicted octanol–water partition coefficient (Wildman–Crippen LogP) is 6.76. The molecule has 2 aromatic rings. The summed E-state index contributed by atoms with van der Waals surface area (Å²) in [6, 6.07) is 12.2. The lowest BCUT2D eigenvalue weighted by atomic mass is 9.76. The molecule has 0 heterocycles. The van der Waals surface area contributed by atoms with Gasteiger partial charge in [0.2, 0.25) is 5.82 Å². The van der Waals surface area contributed by atoms with Crippen LogP contribution in [0.15, 0.2) is 36.4 Å². The summed E-state index contributed by atoms with van der Waals surface area (Å²) in [6.45, 7) is 4.29. The molecule has 0 unspecified atom stereocenters. The molecule has 3 heteroatoms. The molecule has 1 aliphatic carbocycles. The summed E-state index contributed by atoms with van der Waals surface area (Å²) in [6.07, 6.45) is 6.11. The number of hydrogen-bond acceptors (Lipinski definition) is 1. The molecule has 1 fully saturated rings. The SMILES string of the molecule is CCCc1ccc(C2CCC(c3ccc(OCC)c(F)c3F)CC2)cc1. The van der Waals surface area contributed by atoms with Crippen molar-refractivity contribution in [2.75, 3.05) is 6.61 Å². The molecule has 0 spiro atoms. The maximum atomic E-state index is 14.5. The predicted molar refractivity (Wildman–Crippen MR) is 102 cm³/mol. The van der Waals surface area contributed by atoms with Crippen molar-refractivity contribution >= 4 is 0 Å². The third kappa shape index (κ3) is 4.08. The summed E-state index contributed by atoms with van der Waals surface area (Å²) in [7, 11) is 0. The van der Waals surface area contributed by atoms with Gasteiger partial charge in [-0.3, -0.25) is 0 Å². The Labute approximate surface area is 155 Å². The molecule has 0 saturated heterocycles. The molecule has 0 atom stereocenters. The number of halogens is 2. The van der Waals surface area contributed by atoms with Crippen molar-refractivity contribution in [3.8, 4) is 5.75 Å². The van der Waals surface area contributed by atoms with E-state index in [0.717, 1.165) is 38.5 Å². The van der Waals surface area contributed by atoms with Crippen molar-refractivity contribution < 1.29 is 13.5 Å². The van der Waals surface area contributed by atoms with Gasteiger partial charge in [-0.2, -0.15) is 4.39 Å². The molecule has 140 valence electrons. The molecular formula is C23H28F2O. The van der Waals surface area contributed by atoms with Crippen molar-refractivity contribution in [2.45, 2.75) is 64.2 Å². The fourth-order valence-corrected chi connectivity index (χ4v) is 4.11. The highest BCUT2D eigenvalue weighted by molar-refractivity contribution is 5.34. The van der Waals surface area contributed by atoms with Crippen LogP contribution in [0.2, 0.25) is 0 Å². The first-order valence-corrected chi connectivity index (χ1v) is 9.83. The first kappa shape index (κ1) is 18.9. The Kier molecular flexibility index (Phi) is 6.29. The number of hydrogen-bond donors (Lipinski definition) is 0. The minimum absolute atomic E-state index is 0.00889. The molecule has 1 aliphatic rings. The molecule has 1 nitrogen and oxygen atoms in total. The molecule has 0 amide bonds. The van der Waals surface area contributed by atoms with Gasteiger partial charge in [-0.1, -0.05) is 43.7 Å². The Morgan fingerprint density at radius 2 is 1.50 bits per heavy atom. The maximum Gasteiger partial charge on any atom is 0.200 e. The average molecular weight is 358 g/mol. The first-order valence-electron chi connectivity index (χ1n) is 9.83. The van der Waals surface area contributed by atoms with Gasteiger partial charge in [-0.25, -0.2) is 4.39 Å². The van der Waals surface area contributed by atoms with Crippen LogP contribution in [0.5, 0.6) is 5.75 Å². The van der Waals surface area contributed by atoms with Gasteiger partial charge < -0.3 is 4.74 Å². The third-order valence-electron chi connectivity index (χ3n) is 5.53. The standard InChI is InChI=1S/C23H28F2O/c1-3-5-16-6-8-17(9-7-16)18-10-12-19(13-11-18)20-14-15-21(26-4-2)23(25)22(20)24/h6-9,14-15,18-19H,3-5,10-13H2,1-2H3. The summed E-state index contributed by atoms with van der Waals surface area (Å²) >= 11 is 0. The van der Waals surface area contributed by atoms with Crippen LogP contribution >= 0.6 is 0 Å². The molecule has 1 saturated carbocycles. The van der Waals surface area contributed by atoms with Crippen LogP contribution < -0.4 is 4.74 Å². The van der Waals surface area contributed by atoms with Crippen LogP contribution in [0.4, 0.5) is 8.78 Å². The quantitative estimate of drug-likeness (QED) is 0.554. The highest BCUT2D eigenvalue weighted by Gasteiger charge is 2.27.